The predicted octanol–water partition coefficient (Wildman–Crippen LogP) is 2.44. The average molecular weight is 327 g/mol. The van der Waals surface area contributed by atoms with E-state index in [1.807, 2.05) is 24.3 Å². The lowest BCUT2D eigenvalue weighted by molar-refractivity contribution is -0.123. The second-order valence-electron chi connectivity index (χ2n) is 5.41. The summed E-state index contributed by atoms with van der Waals surface area (Å²) in [5, 5.41) is 0. The Bertz CT molecular complexity index is 672. The standard InChI is InChI=1S/C18H21N3O3/c1-3-13(2)14-4-6-16(7-5-14)24-12-17(22)20-21-18(23)15-8-10-19-11-9-15/h4-11,13H,3,12H2,1-2H3,(H,20,22)(H,21,23)/t13-/m1/s1. The third kappa shape index (κ3) is 5.08. The molecule has 0 aliphatic rings. The highest BCUT2D eigenvalue weighted by molar-refractivity contribution is 5.95. The molecule has 1 atom stereocenters. The van der Waals surface area contributed by atoms with Gasteiger partial charge in [-0.2, -0.15) is 0 Å². The molecule has 0 aliphatic carbocycles. The van der Waals surface area contributed by atoms with Crippen LogP contribution >= 0.6 is 0 Å². The Morgan fingerprint density at radius 2 is 1.75 bits per heavy atom. The topological polar surface area (TPSA) is 80.3 Å². The van der Waals surface area contributed by atoms with Gasteiger partial charge in [0.15, 0.2) is 6.61 Å². The highest BCUT2D eigenvalue weighted by Crippen LogP contribution is 2.21. The van der Waals surface area contributed by atoms with Crippen LogP contribution in [0.5, 0.6) is 5.75 Å². The van der Waals surface area contributed by atoms with Crippen LogP contribution in [0.15, 0.2) is 48.8 Å². The molecular weight excluding hydrogens is 306 g/mol. The Labute approximate surface area is 141 Å². The number of benzene rings is 1. The molecule has 6 nitrogen and oxygen atoms in total. The van der Waals surface area contributed by atoms with Crippen LogP contribution in [0.25, 0.3) is 0 Å². The van der Waals surface area contributed by atoms with Gasteiger partial charge < -0.3 is 4.74 Å². The molecule has 24 heavy (non-hydrogen) atoms. The van der Waals surface area contributed by atoms with E-state index in [9.17, 15) is 9.59 Å². The molecule has 0 radical (unpaired) electrons. The summed E-state index contributed by atoms with van der Waals surface area (Å²) in [5.41, 5.74) is 6.27. The number of pyridine rings is 1. The summed E-state index contributed by atoms with van der Waals surface area (Å²) in [7, 11) is 0. The van der Waals surface area contributed by atoms with Gasteiger partial charge >= 0.3 is 0 Å². The Morgan fingerprint density at radius 3 is 2.38 bits per heavy atom. The van der Waals surface area contributed by atoms with E-state index in [1.54, 1.807) is 12.1 Å². The lowest BCUT2D eigenvalue weighted by Gasteiger charge is -2.11. The minimum Gasteiger partial charge on any atom is -0.484 e. The maximum Gasteiger partial charge on any atom is 0.276 e. The zero-order valence-corrected chi connectivity index (χ0v) is 13.8. The van der Waals surface area contributed by atoms with Crippen LogP contribution in [0.1, 0.15) is 42.1 Å². The van der Waals surface area contributed by atoms with Crippen molar-refractivity contribution in [1.29, 1.82) is 0 Å². The van der Waals surface area contributed by atoms with E-state index in [0.717, 1.165) is 6.42 Å². The number of hydrogen-bond acceptors (Lipinski definition) is 4. The van der Waals surface area contributed by atoms with Crippen molar-refractivity contribution in [2.24, 2.45) is 0 Å². The molecule has 0 aliphatic heterocycles. The number of carbonyl (C=O) groups excluding carboxylic acids is 2. The van der Waals surface area contributed by atoms with Gasteiger partial charge in [0, 0.05) is 18.0 Å². The van der Waals surface area contributed by atoms with E-state index in [1.165, 1.54) is 18.0 Å². The molecule has 1 heterocycles. The van der Waals surface area contributed by atoms with Crippen LogP contribution < -0.4 is 15.6 Å². The summed E-state index contributed by atoms with van der Waals surface area (Å²) in [6.45, 7) is 4.12. The third-order valence-corrected chi connectivity index (χ3v) is 3.69. The maximum absolute atomic E-state index is 11.8. The fraction of sp³-hybridized carbons (Fsp3) is 0.278. The Balaban J connectivity index is 1.76. The molecule has 2 rings (SSSR count). The van der Waals surface area contributed by atoms with Crippen molar-refractivity contribution in [3.63, 3.8) is 0 Å². The van der Waals surface area contributed by atoms with Gasteiger partial charge in [0.2, 0.25) is 0 Å². The molecule has 1 aromatic heterocycles. The molecule has 2 N–H and O–H groups in total. The molecular formula is C18H21N3O3. The van der Waals surface area contributed by atoms with Crippen molar-refractivity contribution < 1.29 is 14.3 Å². The van der Waals surface area contributed by atoms with Gasteiger partial charge in [0.25, 0.3) is 11.8 Å². The molecule has 1 aromatic carbocycles. The minimum absolute atomic E-state index is 0.181. The van der Waals surface area contributed by atoms with E-state index in [-0.39, 0.29) is 6.61 Å². The number of aromatic nitrogens is 1. The van der Waals surface area contributed by atoms with E-state index in [0.29, 0.717) is 17.2 Å². The molecule has 2 aromatic rings. The predicted molar refractivity (Wildman–Crippen MR) is 90.5 cm³/mol. The van der Waals surface area contributed by atoms with Crippen LogP contribution in [-0.2, 0) is 4.79 Å². The van der Waals surface area contributed by atoms with Gasteiger partial charge in [0.1, 0.15) is 5.75 Å². The first-order valence-corrected chi connectivity index (χ1v) is 7.82. The largest absolute Gasteiger partial charge is 0.484 e. The summed E-state index contributed by atoms with van der Waals surface area (Å²) in [4.78, 5) is 27.3. The Hall–Kier alpha value is -2.89. The van der Waals surface area contributed by atoms with Crippen molar-refractivity contribution in [3.8, 4) is 5.75 Å². The van der Waals surface area contributed by atoms with Crippen LogP contribution in [-0.4, -0.2) is 23.4 Å². The number of carbonyl (C=O) groups is 2. The first-order chi connectivity index (χ1) is 11.6. The fourth-order valence-electron chi connectivity index (χ4n) is 2.02. The highest BCUT2D eigenvalue weighted by Gasteiger charge is 2.08. The number of amides is 2. The molecule has 6 heteroatoms. The van der Waals surface area contributed by atoms with Gasteiger partial charge in [-0.3, -0.25) is 25.4 Å². The zero-order chi connectivity index (χ0) is 17.4. The van der Waals surface area contributed by atoms with Crippen molar-refractivity contribution in [3.05, 3.63) is 59.9 Å². The van der Waals surface area contributed by atoms with Gasteiger partial charge in [-0.1, -0.05) is 26.0 Å². The van der Waals surface area contributed by atoms with Crippen LogP contribution in [0, 0.1) is 0 Å². The first kappa shape index (κ1) is 17.5. The average Bonchev–Trinajstić information content (AvgIpc) is 2.64. The minimum atomic E-state index is -0.441. The SMILES string of the molecule is CC[C@@H](C)c1ccc(OCC(=O)NNC(=O)c2ccncc2)cc1. The molecule has 0 unspecified atom stereocenters. The lowest BCUT2D eigenvalue weighted by Crippen LogP contribution is -2.43. The monoisotopic (exact) mass is 327 g/mol. The van der Waals surface area contributed by atoms with Crippen LogP contribution in [0.4, 0.5) is 0 Å². The van der Waals surface area contributed by atoms with Gasteiger partial charge in [-0.15, -0.1) is 0 Å². The fourth-order valence-corrected chi connectivity index (χ4v) is 2.02. The molecule has 0 spiro atoms. The summed E-state index contributed by atoms with van der Waals surface area (Å²) in [6, 6.07) is 10.8. The second-order valence-corrected chi connectivity index (χ2v) is 5.41. The molecule has 0 saturated carbocycles. The van der Waals surface area contributed by atoms with Gasteiger partial charge in [-0.05, 0) is 42.2 Å². The second kappa shape index (κ2) is 8.67. The summed E-state index contributed by atoms with van der Waals surface area (Å²) >= 11 is 0. The third-order valence-electron chi connectivity index (χ3n) is 3.69. The maximum atomic E-state index is 11.8. The molecule has 0 saturated heterocycles. The van der Waals surface area contributed by atoms with E-state index < -0.39 is 11.8 Å². The molecule has 0 fully saturated rings. The van der Waals surface area contributed by atoms with Crippen molar-refractivity contribution in [2.45, 2.75) is 26.2 Å². The normalized spacial score (nSPS) is 11.4. The molecule has 126 valence electrons. The van der Waals surface area contributed by atoms with Gasteiger partial charge in [0.05, 0.1) is 0 Å². The highest BCUT2D eigenvalue weighted by atomic mass is 16.5. The number of ether oxygens (including phenoxy) is 1. The molecule has 0 bridgehead atoms. The number of nitrogens with zero attached hydrogens (tertiary/aromatic N) is 1. The van der Waals surface area contributed by atoms with Gasteiger partial charge in [-0.25, -0.2) is 0 Å². The first-order valence-electron chi connectivity index (χ1n) is 7.82. The number of nitrogens with one attached hydrogen (secondary N) is 2. The number of hydrogen-bond donors (Lipinski definition) is 2. The quantitative estimate of drug-likeness (QED) is 0.799. The van der Waals surface area contributed by atoms with Crippen LogP contribution in [0.2, 0.25) is 0 Å². The van der Waals surface area contributed by atoms with Crippen LogP contribution in [0.3, 0.4) is 0 Å². The summed E-state index contributed by atoms with van der Waals surface area (Å²) in [6.07, 6.45) is 4.07. The summed E-state index contributed by atoms with van der Waals surface area (Å²) in [5.74, 6) is 0.246. The van der Waals surface area contributed by atoms with Crippen molar-refractivity contribution in [1.82, 2.24) is 15.8 Å². The zero-order valence-electron chi connectivity index (χ0n) is 13.8. The lowest BCUT2D eigenvalue weighted by atomic mass is 9.99. The number of hydrazine groups is 1. The number of rotatable bonds is 6. The summed E-state index contributed by atoms with van der Waals surface area (Å²) < 4.78 is 5.40. The Morgan fingerprint density at radius 1 is 1.08 bits per heavy atom. The molecule has 2 amide bonds. The van der Waals surface area contributed by atoms with Crippen molar-refractivity contribution >= 4 is 11.8 Å². The smallest absolute Gasteiger partial charge is 0.276 e. The van der Waals surface area contributed by atoms with E-state index in [2.05, 4.69) is 29.7 Å². The Kier molecular flexibility index (Phi) is 6.31. The van der Waals surface area contributed by atoms with E-state index >= 15 is 0 Å². The van der Waals surface area contributed by atoms with E-state index in [4.69, 9.17) is 4.74 Å². The van der Waals surface area contributed by atoms with Crippen molar-refractivity contribution in [2.75, 3.05) is 6.61 Å².